The maximum Gasteiger partial charge on any atom is 0.291 e. The van der Waals surface area contributed by atoms with Crippen LogP contribution in [0.3, 0.4) is 0 Å². The Labute approximate surface area is 172 Å². The van der Waals surface area contributed by atoms with Gasteiger partial charge in [0.05, 0.1) is 36.8 Å². The molecule has 152 valence electrons. The van der Waals surface area contributed by atoms with Crippen molar-refractivity contribution in [1.29, 1.82) is 0 Å². The number of carbonyl (C=O) groups excluding carboxylic acids is 1. The zero-order valence-corrected chi connectivity index (χ0v) is 17.0. The zero-order valence-electron chi connectivity index (χ0n) is 15.4. The predicted octanol–water partition coefficient (Wildman–Crippen LogP) is 4.00. The summed E-state index contributed by atoms with van der Waals surface area (Å²) in [5.74, 6) is 0.171. The SMILES string of the molecule is COc1ccc(S(=O)(=O)Nc2ccc(Cl)cc2NC(=O)c2ccco2)cc1OC. The van der Waals surface area contributed by atoms with E-state index in [0.717, 1.165) is 0 Å². The minimum absolute atomic E-state index is 0.0478. The van der Waals surface area contributed by atoms with Crippen molar-refractivity contribution in [1.82, 2.24) is 0 Å². The zero-order chi connectivity index (χ0) is 21.0. The monoisotopic (exact) mass is 436 g/mol. The van der Waals surface area contributed by atoms with Crippen LogP contribution >= 0.6 is 11.6 Å². The topological polar surface area (TPSA) is 107 Å². The molecule has 2 aromatic carbocycles. The smallest absolute Gasteiger partial charge is 0.291 e. The van der Waals surface area contributed by atoms with Gasteiger partial charge in [-0.3, -0.25) is 9.52 Å². The van der Waals surface area contributed by atoms with Gasteiger partial charge in [-0.15, -0.1) is 0 Å². The van der Waals surface area contributed by atoms with Crippen molar-refractivity contribution >= 4 is 38.9 Å². The molecule has 0 bridgehead atoms. The van der Waals surface area contributed by atoms with Crippen molar-refractivity contribution < 1.29 is 27.1 Å². The van der Waals surface area contributed by atoms with Gasteiger partial charge in [0.25, 0.3) is 15.9 Å². The average Bonchev–Trinajstić information content (AvgIpc) is 3.24. The number of furan rings is 1. The van der Waals surface area contributed by atoms with Crippen LogP contribution in [0.1, 0.15) is 10.6 Å². The van der Waals surface area contributed by atoms with Crippen molar-refractivity contribution in [3.8, 4) is 11.5 Å². The Morgan fingerprint density at radius 2 is 1.76 bits per heavy atom. The van der Waals surface area contributed by atoms with Gasteiger partial charge in [0.2, 0.25) is 0 Å². The van der Waals surface area contributed by atoms with Crippen LogP contribution in [0.4, 0.5) is 11.4 Å². The van der Waals surface area contributed by atoms with Crippen LogP contribution in [0.5, 0.6) is 11.5 Å². The summed E-state index contributed by atoms with van der Waals surface area (Å²) in [5.41, 5.74) is 0.298. The number of halogens is 1. The third-order valence-corrected chi connectivity index (χ3v) is 5.48. The summed E-state index contributed by atoms with van der Waals surface area (Å²) in [6, 6.07) is 11.6. The van der Waals surface area contributed by atoms with E-state index in [4.69, 9.17) is 25.5 Å². The number of hydrogen-bond acceptors (Lipinski definition) is 6. The van der Waals surface area contributed by atoms with Crippen LogP contribution in [0, 0.1) is 0 Å². The van der Waals surface area contributed by atoms with Gasteiger partial charge >= 0.3 is 0 Å². The molecule has 0 spiro atoms. The van der Waals surface area contributed by atoms with Crippen molar-refractivity contribution in [2.24, 2.45) is 0 Å². The van der Waals surface area contributed by atoms with Crippen LogP contribution < -0.4 is 19.5 Å². The molecule has 3 aromatic rings. The number of carbonyl (C=O) groups is 1. The molecular formula is C19H17ClN2O6S. The lowest BCUT2D eigenvalue weighted by Gasteiger charge is -2.15. The maximum absolute atomic E-state index is 12.8. The molecular weight excluding hydrogens is 420 g/mol. The molecule has 0 aliphatic rings. The number of anilines is 2. The van der Waals surface area contributed by atoms with Gasteiger partial charge in [-0.25, -0.2) is 8.42 Å². The Morgan fingerprint density at radius 3 is 2.41 bits per heavy atom. The van der Waals surface area contributed by atoms with Crippen LogP contribution in [0.15, 0.2) is 64.1 Å². The van der Waals surface area contributed by atoms with Crippen molar-refractivity contribution in [2.75, 3.05) is 24.3 Å². The number of benzene rings is 2. The summed E-state index contributed by atoms with van der Waals surface area (Å²) < 4.78 is 43.5. The third-order valence-electron chi connectivity index (χ3n) is 3.88. The molecule has 1 amide bonds. The van der Waals surface area contributed by atoms with Gasteiger partial charge in [-0.05, 0) is 42.5 Å². The van der Waals surface area contributed by atoms with Crippen LogP contribution in [0.2, 0.25) is 5.02 Å². The Hall–Kier alpha value is -3.17. The van der Waals surface area contributed by atoms with E-state index in [2.05, 4.69) is 10.0 Å². The highest BCUT2D eigenvalue weighted by atomic mass is 35.5. The van der Waals surface area contributed by atoms with E-state index in [0.29, 0.717) is 10.8 Å². The van der Waals surface area contributed by atoms with Crippen molar-refractivity contribution in [3.05, 3.63) is 65.6 Å². The molecule has 0 radical (unpaired) electrons. The van der Waals surface area contributed by atoms with Crippen LogP contribution in [-0.2, 0) is 10.0 Å². The van der Waals surface area contributed by atoms with Crippen LogP contribution in [-0.4, -0.2) is 28.5 Å². The highest BCUT2D eigenvalue weighted by Gasteiger charge is 2.20. The average molecular weight is 437 g/mol. The first-order chi connectivity index (χ1) is 13.8. The fourth-order valence-electron chi connectivity index (χ4n) is 2.49. The van der Waals surface area contributed by atoms with Gasteiger partial charge in [0, 0.05) is 11.1 Å². The summed E-state index contributed by atoms with van der Waals surface area (Å²) in [6.45, 7) is 0. The molecule has 0 fully saturated rings. The lowest BCUT2D eigenvalue weighted by atomic mass is 10.2. The number of nitrogens with one attached hydrogen (secondary N) is 2. The maximum atomic E-state index is 12.8. The highest BCUT2D eigenvalue weighted by Crippen LogP contribution is 2.32. The van der Waals surface area contributed by atoms with E-state index < -0.39 is 15.9 Å². The van der Waals surface area contributed by atoms with E-state index >= 15 is 0 Å². The van der Waals surface area contributed by atoms with E-state index in [1.165, 1.54) is 62.9 Å². The van der Waals surface area contributed by atoms with Gasteiger partial charge in [0.15, 0.2) is 17.3 Å². The largest absolute Gasteiger partial charge is 0.493 e. The molecule has 0 unspecified atom stereocenters. The first-order valence-electron chi connectivity index (χ1n) is 8.23. The molecule has 3 rings (SSSR count). The normalized spacial score (nSPS) is 11.0. The molecule has 0 saturated carbocycles. The van der Waals surface area contributed by atoms with Crippen LogP contribution in [0.25, 0.3) is 0 Å². The van der Waals surface area contributed by atoms with E-state index in [9.17, 15) is 13.2 Å². The molecule has 29 heavy (non-hydrogen) atoms. The fourth-order valence-corrected chi connectivity index (χ4v) is 3.75. The second-order valence-corrected chi connectivity index (χ2v) is 7.86. The number of hydrogen-bond donors (Lipinski definition) is 2. The Balaban J connectivity index is 1.92. The molecule has 10 heteroatoms. The summed E-state index contributed by atoms with van der Waals surface area (Å²) in [6.07, 6.45) is 1.35. The standard InChI is InChI=1S/C19H17ClN2O6S/c1-26-16-8-6-13(11-18(16)27-2)29(24,25)22-14-7-5-12(20)10-15(14)21-19(23)17-4-3-9-28-17/h3-11,22H,1-2H3,(H,21,23). The Bertz CT molecular complexity index is 1130. The molecule has 0 saturated heterocycles. The van der Waals surface area contributed by atoms with Gasteiger partial charge < -0.3 is 19.2 Å². The van der Waals surface area contributed by atoms with Crippen molar-refractivity contribution in [2.45, 2.75) is 4.90 Å². The molecule has 0 atom stereocenters. The molecule has 8 nitrogen and oxygen atoms in total. The Morgan fingerprint density at radius 1 is 1.00 bits per heavy atom. The first-order valence-corrected chi connectivity index (χ1v) is 10.1. The number of ether oxygens (including phenoxy) is 2. The van der Waals surface area contributed by atoms with Gasteiger partial charge in [0.1, 0.15) is 0 Å². The molecule has 1 heterocycles. The molecule has 0 aliphatic heterocycles. The van der Waals surface area contributed by atoms with Gasteiger partial charge in [-0.1, -0.05) is 11.6 Å². The van der Waals surface area contributed by atoms with Gasteiger partial charge in [-0.2, -0.15) is 0 Å². The van der Waals surface area contributed by atoms with Crippen molar-refractivity contribution in [3.63, 3.8) is 0 Å². The van der Waals surface area contributed by atoms with E-state index in [1.54, 1.807) is 6.07 Å². The number of sulfonamides is 1. The number of rotatable bonds is 7. The second kappa shape index (κ2) is 8.46. The van der Waals surface area contributed by atoms with E-state index in [-0.39, 0.29) is 27.8 Å². The third kappa shape index (κ3) is 4.64. The minimum atomic E-state index is -4.00. The molecule has 0 aliphatic carbocycles. The van der Waals surface area contributed by atoms with E-state index in [1.807, 2.05) is 0 Å². The minimum Gasteiger partial charge on any atom is -0.493 e. The lowest BCUT2D eigenvalue weighted by molar-refractivity contribution is 0.0996. The quantitative estimate of drug-likeness (QED) is 0.579. The fraction of sp³-hybridized carbons (Fsp3) is 0.105. The summed E-state index contributed by atoms with van der Waals surface area (Å²) >= 11 is 6.00. The summed E-state index contributed by atoms with van der Waals surface area (Å²) in [4.78, 5) is 12.2. The summed E-state index contributed by atoms with van der Waals surface area (Å²) in [5, 5.41) is 2.89. The predicted molar refractivity (Wildman–Crippen MR) is 108 cm³/mol. The first kappa shape index (κ1) is 20.6. The lowest BCUT2D eigenvalue weighted by Crippen LogP contribution is -2.17. The summed E-state index contributed by atoms with van der Waals surface area (Å²) in [7, 11) is -1.14. The Kier molecular flexibility index (Phi) is 6.00. The highest BCUT2D eigenvalue weighted by molar-refractivity contribution is 7.92. The number of amides is 1. The number of methoxy groups -OCH3 is 2. The molecule has 2 N–H and O–H groups in total. The molecule has 1 aromatic heterocycles. The second-order valence-electron chi connectivity index (χ2n) is 5.74.